The molecule has 0 spiro atoms. The highest BCUT2D eigenvalue weighted by Gasteiger charge is 2.36. The summed E-state index contributed by atoms with van der Waals surface area (Å²) in [5, 5.41) is 3.68. The summed E-state index contributed by atoms with van der Waals surface area (Å²) >= 11 is 0. The van der Waals surface area contributed by atoms with E-state index in [1.165, 1.54) is 29.2 Å². The summed E-state index contributed by atoms with van der Waals surface area (Å²) in [6, 6.07) is 5.75. The quantitative estimate of drug-likeness (QED) is 0.586. The molecule has 1 atom stereocenters. The zero-order valence-electron chi connectivity index (χ0n) is 15.0. The maximum atomic E-state index is 13.1. The van der Waals surface area contributed by atoms with E-state index < -0.39 is 29.6 Å². The van der Waals surface area contributed by atoms with Gasteiger partial charge in [0.2, 0.25) is 0 Å². The van der Waals surface area contributed by atoms with Crippen molar-refractivity contribution in [1.82, 2.24) is 19.6 Å². The van der Waals surface area contributed by atoms with Crippen molar-refractivity contribution < 1.29 is 27.2 Å². The van der Waals surface area contributed by atoms with Crippen LogP contribution in [-0.4, -0.2) is 58.0 Å². The number of aromatic nitrogens is 2. The van der Waals surface area contributed by atoms with Gasteiger partial charge in [-0.1, -0.05) is 12.1 Å². The molecule has 1 unspecified atom stereocenters. The first kappa shape index (κ1) is 20.0. The maximum absolute atomic E-state index is 13.1. The molecular formula is C18H18F4N4O2. The Morgan fingerprint density at radius 3 is 2.25 bits per heavy atom. The van der Waals surface area contributed by atoms with Gasteiger partial charge in [0.1, 0.15) is 17.8 Å². The number of amides is 1. The number of benzene rings is 1. The summed E-state index contributed by atoms with van der Waals surface area (Å²) in [7, 11) is 1.13. The molecule has 0 N–H and O–H groups in total. The predicted molar refractivity (Wildman–Crippen MR) is 90.9 cm³/mol. The second kappa shape index (κ2) is 7.70. The van der Waals surface area contributed by atoms with Gasteiger partial charge in [-0.15, -0.1) is 0 Å². The van der Waals surface area contributed by atoms with Gasteiger partial charge in [0.15, 0.2) is 5.69 Å². The number of carbonyl (C=O) groups is 2. The van der Waals surface area contributed by atoms with Gasteiger partial charge in [0, 0.05) is 39.3 Å². The molecule has 150 valence electrons. The standard InChI is InChI=1S/C18H18F4N4O2/c1-24-16(18(20,21)22)10-14(23-24)17(28)26-8-6-25(7-9-26)15(11-27)12-2-4-13(19)5-3-12/h2-5,10-11,15H,6-9H2,1H3. The van der Waals surface area contributed by atoms with E-state index in [-0.39, 0.29) is 18.8 Å². The minimum Gasteiger partial charge on any atom is -0.335 e. The van der Waals surface area contributed by atoms with Crippen LogP contribution in [0, 0.1) is 5.82 Å². The Bertz CT molecular complexity index is 855. The molecule has 0 aliphatic carbocycles. The van der Waals surface area contributed by atoms with Gasteiger partial charge in [-0.05, 0) is 17.7 Å². The fourth-order valence-electron chi connectivity index (χ4n) is 3.24. The van der Waals surface area contributed by atoms with Gasteiger partial charge in [0.05, 0.1) is 6.04 Å². The molecule has 1 amide bonds. The minimum atomic E-state index is -4.59. The molecule has 3 rings (SSSR count). The average Bonchev–Trinajstić information content (AvgIpc) is 3.06. The van der Waals surface area contributed by atoms with E-state index in [9.17, 15) is 27.2 Å². The van der Waals surface area contributed by atoms with Gasteiger partial charge in [0.25, 0.3) is 5.91 Å². The number of nitrogens with zero attached hydrogens (tertiary/aromatic N) is 4. The molecule has 10 heteroatoms. The summed E-state index contributed by atoms with van der Waals surface area (Å²) in [6.45, 7) is 1.18. The lowest BCUT2D eigenvalue weighted by Crippen LogP contribution is -2.50. The third-order valence-corrected chi connectivity index (χ3v) is 4.72. The molecular weight excluding hydrogens is 380 g/mol. The molecule has 6 nitrogen and oxygen atoms in total. The summed E-state index contributed by atoms with van der Waals surface area (Å²) in [5.41, 5.74) is -0.628. The van der Waals surface area contributed by atoms with Gasteiger partial charge in [-0.3, -0.25) is 14.4 Å². The lowest BCUT2D eigenvalue weighted by atomic mass is 10.1. The molecule has 1 fully saturated rings. The predicted octanol–water partition coefficient (Wildman–Crippen LogP) is 2.28. The molecule has 1 aromatic heterocycles. The Kier molecular flexibility index (Phi) is 5.50. The smallest absolute Gasteiger partial charge is 0.335 e. The Balaban J connectivity index is 1.67. The Labute approximate surface area is 158 Å². The second-order valence-corrected chi connectivity index (χ2v) is 6.50. The number of rotatable bonds is 4. The van der Waals surface area contributed by atoms with Crippen LogP contribution < -0.4 is 0 Å². The van der Waals surface area contributed by atoms with Crippen molar-refractivity contribution in [3.8, 4) is 0 Å². The summed E-state index contributed by atoms with van der Waals surface area (Å²) in [6.07, 6.45) is -3.84. The highest BCUT2D eigenvalue weighted by molar-refractivity contribution is 5.92. The van der Waals surface area contributed by atoms with Crippen molar-refractivity contribution in [3.05, 3.63) is 53.1 Å². The van der Waals surface area contributed by atoms with E-state index in [1.54, 1.807) is 0 Å². The molecule has 1 saturated heterocycles. The number of hydrogen-bond acceptors (Lipinski definition) is 4. The molecule has 0 bridgehead atoms. The van der Waals surface area contributed by atoms with Gasteiger partial charge < -0.3 is 9.69 Å². The fourth-order valence-corrected chi connectivity index (χ4v) is 3.24. The molecule has 1 aromatic carbocycles. The molecule has 0 saturated carbocycles. The van der Waals surface area contributed by atoms with Gasteiger partial charge in [-0.25, -0.2) is 4.39 Å². The van der Waals surface area contributed by atoms with E-state index in [0.717, 1.165) is 19.4 Å². The second-order valence-electron chi connectivity index (χ2n) is 6.50. The van der Waals surface area contributed by atoms with E-state index in [0.29, 0.717) is 23.3 Å². The lowest BCUT2D eigenvalue weighted by molar-refractivity contribution is -0.143. The molecule has 28 heavy (non-hydrogen) atoms. The monoisotopic (exact) mass is 398 g/mol. The highest BCUT2D eigenvalue weighted by atomic mass is 19.4. The van der Waals surface area contributed by atoms with Crippen LogP contribution in [0.25, 0.3) is 0 Å². The minimum absolute atomic E-state index is 0.238. The van der Waals surface area contributed by atoms with Crippen molar-refractivity contribution in [3.63, 3.8) is 0 Å². The number of halogens is 4. The van der Waals surface area contributed by atoms with Crippen LogP contribution in [0.2, 0.25) is 0 Å². The van der Waals surface area contributed by atoms with E-state index in [2.05, 4.69) is 5.10 Å². The highest BCUT2D eigenvalue weighted by Crippen LogP contribution is 2.29. The van der Waals surface area contributed by atoms with Crippen molar-refractivity contribution in [1.29, 1.82) is 0 Å². The number of piperazine rings is 1. The van der Waals surface area contributed by atoms with E-state index in [4.69, 9.17) is 0 Å². The molecule has 0 radical (unpaired) electrons. The lowest BCUT2D eigenvalue weighted by Gasteiger charge is -2.37. The number of aldehydes is 1. The third-order valence-electron chi connectivity index (χ3n) is 4.72. The summed E-state index contributed by atoms with van der Waals surface area (Å²) < 4.78 is 52.4. The number of aryl methyl sites for hydroxylation is 1. The van der Waals surface area contributed by atoms with Crippen molar-refractivity contribution in [2.24, 2.45) is 7.05 Å². The number of carbonyl (C=O) groups excluding carboxylic acids is 2. The van der Waals surface area contributed by atoms with Crippen LogP contribution in [0.3, 0.4) is 0 Å². The fraction of sp³-hybridized carbons (Fsp3) is 0.389. The average molecular weight is 398 g/mol. The third kappa shape index (κ3) is 4.06. The first-order valence-electron chi connectivity index (χ1n) is 8.56. The molecule has 2 aromatic rings. The summed E-state index contributed by atoms with van der Waals surface area (Å²) in [5.74, 6) is -0.993. The first-order chi connectivity index (χ1) is 13.2. The van der Waals surface area contributed by atoms with Crippen LogP contribution in [0.4, 0.5) is 17.6 Å². The zero-order chi connectivity index (χ0) is 20.5. The van der Waals surface area contributed by atoms with E-state index in [1.807, 2.05) is 4.90 Å². The van der Waals surface area contributed by atoms with E-state index >= 15 is 0 Å². The van der Waals surface area contributed by atoms with Crippen LogP contribution in [0.15, 0.2) is 30.3 Å². The van der Waals surface area contributed by atoms with Crippen molar-refractivity contribution in [2.45, 2.75) is 12.2 Å². The largest absolute Gasteiger partial charge is 0.433 e. The molecule has 1 aliphatic rings. The summed E-state index contributed by atoms with van der Waals surface area (Å²) in [4.78, 5) is 27.3. The Hall–Kier alpha value is -2.75. The van der Waals surface area contributed by atoms with Crippen molar-refractivity contribution in [2.75, 3.05) is 26.2 Å². The van der Waals surface area contributed by atoms with Gasteiger partial charge in [-0.2, -0.15) is 18.3 Å². The number of alkyl halides is 3. The van der Waals surface area contributed by atoms with Gasteiger partial charge >= 0.3 is 6.18 Å². The zero-order valence-corrected chi connectivity index (χ0v) is 15.0. The molecule has 1 aliphatic heterocycles. The number of hydrogen-bond donors (Lipinski definition) is 0. The Morgan fingerprint density at radius 1 is 1.14 bits per heavy atom. The topological polar surface area (TPSA) is 58.4 Å². The molecule has 2 heterocycles. The van der Waals surface area contributed by atoms with Crippen LogP contribution in [0.1, 0.15) is 27.8 Å². The van der Waals surface area contributed by atoms with Crippen LogP contribution >= 0.6 is 0 Å². The van der Waals surface area contributed by atoms with Crippen LogP contribution in [-0.2, 0) is 18.0 Å². The van der Waals surface area contributed by atoms with Crippen molar-refractivity contribution >= 4 is 12.2 Å². The van der Waals surface area contributed by atoms with Crippen LogP contribution in [0.5, 0.6) is 0 Å². The first-order valence-corrected chi connectivity index (χ1v) is 8.56. The maximum Gasteiger partial charge on any atom is 0.433 e. The Morgan fingerprint density at radius 2 is 1.75 bits per heavy atom. The SMILES string of the molecule is Cn1nc(C(=O)N2CCN(C(C=O)c3ccc(F)cc3)CC2)cc1C(F)(F)F. The normalized spacial score (nSPS) is 16.8.